The molecule has 0 aliphatic rings. The van der Waals surface area contributed by atoms with Crippen molar-refractivity contribution < 1.29 is 24.6 Å². The fourth-order valence-corrected chi connectivity index (χ4v) is 1.91. The average Bonchev–Trinajstić information content (AvgIpc) is 2.84. The van der Waals surface area contributed by atoms with Crippen LogP contribution in [0.5, 0.6) is 0 Å². The van der Waals surface area contributed by atoms with E-state index in [-0.39, 0.29) is 12.8 Å². The van der Waals surface area contributed by atoms with Crippen molar-refractivity contribution in [2.45, 2.75) is 18.9 Å². The molecular formula is C12H13NO5S. The van der Waals surface area contributed by atoms with Crippen LogP contribution in [0.4, 0.5) is 0 Å². The number of aliphatic carboxylic acids is 2. The highest BCUT2D eigenvalue weighted by Gasteiger charge is 2.19. The number of thiophene rings is 1. The quantitative estimate of drug-likeness (QED) is 0.652. The Balaban J connectivity index is 2.51. The van der Waals surface area contributed by atoms with E-state index in [1.807, 2.05) is 17.5 Å². The van der Waals surface area contributed by atoms with Gasteiger partial charge >= 0.3 is 11.9 Å². The van der Waals surface area contributed by atoms with Crippen LogP contribution in [-0.4, -0.2) is 34.1 Å². The largest absolute Gasteiger partial charge is 0.481 e. The maximum absolute atomic E-state index is 11.5. The Morgan fingerprint density at radius 2 is 2.11 bits per heavy atom. The molecule has 1 amide bonds. The molecule has 3 N–H and O–H groups in total. The fourth-order valence-electron chi connectivity index (χ4n) is 1.29. The predicted molar refractivity (Wildman–Crippen MR) is 69.8 cm³/mol. The van der Waals surface area contributed by atoms with Gasteiger partial charge in [0.25, 0.3) is 0 Å². The number of hydrogen-bond donors (Lipinski definition) is 3. The standard InChI is InChI=1S/C12H13NO5S/c14-10(5-3-8-2-1-7-19-8)13-9(12(17)18)4-6-11(15)16/h1-3,5,7,9H,4,6H2,(H,13,14)(H,15,16)(H,17,18)/b5-3+/t9-/m0/s1. The van der Waals surface area contributed by atoms with Crippen molar-refractivity contribution in [2.24, 2.45) is 0 Å². The van der Waals surface area contributed by atoms with Crippen LogP contribution in [-0.2, 0) is 14.4 Å². The van der Waals surface area contributed by atoms with Crippen LogP contribution in [0.2, 0.25) is 0 Å². The number of amides is 1. The van der Waals surface area contributed by atoms with Gasteiger partial charge in [0.1, 0.15) is 6.04 Å². The molecule has 0 spiro atoms. The van der Waals surface area contributed by atoms with E-state index in [4.69, 9.17) is 10.2 Å². The number of carbonyl (C=O) groups is 3. The molecule has 1 aromatic rings. The summed E-state index contributed by atoms with van der Waals surface area (Å²) in [5, 5.41) is 21.4. The van der Waals surface area contributed by atoms with Gasteiger partial charge in [-0.05, 0) is 23.9 Å². The lowest BCUT2D eigenvalue weighted by molar-refractivity contribution is -0.142. The molecule has 0 aromatic carbocycles. The second-order valence-corrected chi connectivity index (χ2v) is 4.66. The molecule has 0 aliphatic heterocycles. The van der Waals surface area contributed by atoms with Gasteiger partial charge < -0.3 is 15.5 Å². The van der Waals surface area contributed by atoms with Gasteiger partial charge in [0, 0.05) is 17.4 Å². The molecule has 1 heterocycles. The molecule has 0 radical (unpaired) electrons. The minimum absolute atomic E-state index is 0.150. The summed E-state index contributed by atoms with van der Waals surface area (Å²) in [5.41, 5.74) is 0. The molecular weight excluding hydrogens is 270 g/mol. The van der Waals surface area contributed by atoms with Gasteiger partial charge in [-0.1, -0.05) is 6.07 Å². The van der Waals surface area contributed by atoms with E-state index in [0.29, 0.717) is 0 Å². The highest BCUT2D eigenvalue weighted by atomic mass is 32.1. The zero-order valence-corrected chi connectivity index (χ0v) is 10.7. The third kappa shape index (κ3) is 5.82. The maximum atomic E-state index is 11.5. The zero-order valence-electron chi connectivity index (χ0n) is 9.91. The van der Waals surface area contributed by atoms with Gasteiger partial charge in [-0.15, -0.1) is 11.3 Å². The molecule has 102 valence electrons. The molecule has 0 bridgehead atoms. The summed E-state index contributed by atoms with van der Waals surface area (Å²) >= 11 is 1.44. The molecule has 1 rings (SSSR count). The lowest BCUT2D eigenvalue weighted by Crippen LogP contribution is -2.40. The van der Waals surface area contributed by atoms with Gasteiger partial charge in [-0.25, -0.2) is 4.79 Å². The topological polar surface area (TPSA) is 104 Å². The van der Waals surface area contributed by atoms with E-state index in [9.17, 15) is 14.4 Å². The van der Waals surface area contributed by atoms with Crippen molar-refractivity contribution in [3.63, 3.8) is 0 Å². The van der Waals surface area contributed by atoms with E-state index >= 15 is 0 Å². The third-order valence-corrected chi connectivity index (χ3v) is 3.04. The van der Waals surface area contributed by atoms with E-state index in [1.165, 1.54) is 17.4 Å². The number of nitrogens with one attached hydrogen (secondary N) is 1. The Hall–Kier alpha value is -2.15. The Labute approximate surface area is 113 Å². The number of hydrogen-bond acceptors (Lipinski definition) is 4. The van der Waals surface area contributed by atoms with Crippen molar-refractivity contribution in [1.29, 1.82) is 0 Å². The SMILES string of the molecule is O=C(O)CC[C@H](NC(=O)/C=C/c1cccs1)C(=O)O. The van der Waals surface area contributed by atoms with Crippen LogP contribution < -0.4 is 5.32 Å². The molecule has 0 saturated carbocycles. The van der Waals surface area contributed by atoms with Crippen molar-refractivity contribution in [1.82, 2.24) is 5.32 Å². The Kier molecular flexibility index (Phi) is 5.74. The summed E-state index contributed by atoms with van der Waals surface area (Å²) in [5.74, 6) is -2.92. The smallest absolute Gasteiger partial charge is 0.326 e. The number of carbonyl (C=O) groups excluding carboxylic acids is 1. The molecule has 1 aromatic heterocycles. The number of carboxylic acid groups (broad SMARTS) is 2. The summed E-state index contributed by atoms with van der Waals surface area (Å²) in [7, 11) is 0. The molecule has 0 aliphatic carbocycles. The van der Waals surface area contributed by atoms with Gasteiger partial charge in [0.05, 0.1) is 0 Å². The first kappa shape index (κ1) is 14.9. The summed E-state index contributed by atoms with van der Waals surface area (Å²) in [4.78, 5) is 33.6. The fraction of sp³-hybridized carbons (Fsp3) is 0.250. The van der Waals surface area contributed by atoms with Crippen LogP contribution in [0.1, 0.15) is 17.7 Å². The van der Waals surface area contributed by atoms with Crippen LogP contribution in [0, 0.1) is 0 Å². The summed E-state index contributed by atoms with van der Waals surface area (Å²) in [6.07, 6.45) is 2.33. The summed E-state index contributed by atoms with van der Waals surface area (Å²) < 4.78 is 0. The molecule has 6 nitrogen and oxygen atoms in total. The molecule has 7 heteroatoms. The van der Waals surface area contributed by atoms with Gasteiger partial charge in [-0.2, -0.15) is 0 Å². The molecule has 0 saturated heterocycles. The third-order valence-electron chi connectivity index (χ3n) is 2.20. The van der Waals surface area contributed by atoms with Crippen molar-refractivity contribution >= 4 is 35.3 Å². The molecule has 0 unspecified atom stereocenters. The van der Waals surface area contributed by atoms with Crippen LogP contribution in [0.15, 0.2) is 23.6 Å². The monoisotopic (exact) mass is 283 g/mol. The van der Waals surface area contributed by atoms with Crippen LogP contribution >= 0.6 is 11.3 Å². The van der Waals surface area contributed by atoms with E-state index in [1.54, 1.807) is 6.08 Å². The van der Waals surface area contributed by atoms with Crippen molar-refractivity contribution in [3.8, 4) is 0 Å². The number of carboxylic acids is 2. The zero-order chi connectivity index (χ0) is 14.3. The highest BCUT2D eigenvalue weighted by Crippen LogP contribution is 2.10. The lowest BCUT2D eigenvalue weighted by Gasteiger charge is -2.11. The van der Waals surface area contributed by atoms with E-state index in [2.05, 4.69) is 5.32 Å². The van der Waals surface area contributed by atoms with Gasteiger partial charge in [-0.3, -0.25) is 9.59 Å². The molecule has 0 fully saturated rings. The minimum Gasteiger partial charge on any atom is -0.481 e. The first-order chi connectivity index (χ1) is 8.99. The summed E-state index contributed by atoms with van der Waals surface area (Å²) in [6.45, 7) is 0. The molecule has 19 heavy (non-hydrogen) atoms. The molecule has 1 atom stereocenters. The number of rotatable bonds is 7. The average molecular weight is 283 g/mol. The first-order valence-corrected chi connectivity index (χ1v) is 6.33. The predicted octanol–water partition coefficient (Wildman–Crippen LogP) is 1.20. The first-order valence-electron chi connectivity index (χ1n) is 5.45. The second kappa shape index (κ2) is 7.32. The van der Waals surface area contributed by atoms with Crippen molar-refractivity contribution in [2.75, 3.05) is 0 Å². The maximum Gasteiger partial charge on any atom is 0.326 e. The minimum atomic E-state index is -1.25. The summed E-state index contributed by atoms with van der Waals surface area (Å²) in [6, 6.07) is 2.44. The van der Waals surface area contributed by atoms with Crippen molar-refractivity contribution in [3.05, 3.63) is 28.5 Å². The Morgan fingerprint density at radius 3 is 2.63 bits per heavy atom. The van der Waals surface area contributed by atoms with Gasteiger partial charge in [0.15, 0.2) is 0 Å². The highest BCUT2D eigenvalue weighted by molar-refractivity contribution is 7.10. The van der Waals surface area contributed by atoms with E-state index < -0.39 is 23.9 Å². The van der Waals surface area contributed by atoms with Crippen LogP contribution in [0.25, 0.3) is 6.08 Å². The Morgan fingerprint density at radius 1 is 1.37 bits per heavy atom. The second-order valence-electron chi connectivity index (χ2n) is 3.68. The lowest BCUT2D eigenvalue weighted by atomic mass is 10.1. The van der Waals surface area contributed by atoms with Crippen LogP contribution in [0.3, 0.4) is 0 Å². The van der Waals surface area contributed by atoms with E-state index in [0.717, 1.165) is 4.88 Å². The normalized spacial score (nSPS) is 12.2. The Bertz CT molecular complexity index is 480. The van der Waals surface area contributed by atoms with Gasteiger partial charge in [0.2, 0.25) is 5.91 Å².